The first-order valence-electron chi connectivity index (χ1n) is 9.11. The van der Waals surface area contributed by atoms with Crippen LogP contribution in [0.15, 0.2) is 36.8 Å². The van der Waals surface area contributed by atoms with Gasteiger partial charge in [0, 0.05) is 35.0 Å². The van der Waals surface area contributed by atoms with Crippen LogP contribution in [0.1, 0.15) is 25.1 Å². The highest BCUT2D eigenvalue weighted by Gasteiger charge is 2.20. The first-order chi connectivity index (χ1) is 13.7. The number of rotatable bonds is 7. The van der Waals surface area contributed by atoms with Gasteiger partial charge in [0.1, 0.15) is 11.6 Å². The van der Waals surface area contributed by atoms with Crippen molar-refractivity contribution in [3.05, 3.63) is 63.9 Å². The van der Waals surface area contributed by atoms with Gasteiger partial charge in [0.2, 0.25) is 0 Å². The second-order valence-electron chi connectivity index (χ2n) is 7.37. The van der Waals surface area contributed by atoms with Gasteiger partial charge < -0.3 is 9.84 Å². The monoisotopic (exact) mass is 437 g/mol. The topological polar surface area (TPSA) is 60.2 Å². The van der Waals surface area contributed by atoms with Crippen LogP contribution >= 0.6 is 23.2 Å². The predicted molar refractivity (Wildman–Crippen MR) is 112 cm³/mol. The third-order valence-corrected chi connectivity index (χ3v) is 5.47. The Morgan fingerprint density at radius 1 is 1.21 bits per heavy atom. The van der Waals surface area contributed by atoms with Gasteiger partial charge in [-0.05, 0) is 44.5 Å². The molecule has 0 saturated heterocycles. The van der Waals surface area contributed by atoms with Crippen LogP contribution in [0, 0.1) is 12.7 Å². The Bertz CT molecular complexity index is 1020. The van der Waals surface area contributed by atoms with E-state index in [0.29, 0.717) is 22.8 Å². The molecule has 2 heterocycles. The lowest BCUT2D eigenvalue weighted by atomic mass is 10.1. The number of aromatic nitrogens is 3. The van der Waals surface area contributed by atoms with Crippen molar-refractivity contribution >= 4 is 23.2 Å². The third-order valence-electron chi connectivity index (χ3n) is 4.71. The molecule has 0 amide bonds. The molecule has 2 aromatic heterocycles. The molecule has 0 saturated carbocycles. The first-order valence-corrected chi connectivity index (χ1v) is 9.86. The largest absolute Gasteiger partial charge is 0.491 e. The van der Waals surface area contributed by atoms with Crippen LogP contribution in [0.4, 0.5) is 4.39 Å². The Kier molecular flexibility index (Phi) is 6.46. The summed E-state index contributed by atoms with van der Waals surface area (Å²) < 4.78 is 21.3. The molecule has 1 aromatic carbocycles. The molecule has 154 valence electrons. The molecule has 5 nitrogen and oxygen atoms in total. The Morgan fingerprint density at radius 2 is 1.97 bits per heavy atom. The smallest absolute Gasteiger partial charge is 0.142 e. The number of hydrogen-bond acceptors (Lipinski definition) is 4. The first kappa shape index (κ1) is 21.6. The average Bonchev–Trinajstić information content (AvgIpc) is 3.20. The maximum Gasteiger partial charge on any atom is 0.142 e. The maximum atomic E-state index is 13.7. The lowest BCUT2D eigenvalue weighted by molar-refractivity contribution is 0.152. The van der Waals surface area contributed by atoms with Crippen molar-refractivity contribution in [2.24, 2.45) is 0 Å². The van der Waals surface area contributed by atoms with Crippen molar-refractivity contribution in [3.63, 3.8) is 0 Å². The van der Waals surface area contributed by atoms with E-state index in [9.17, 15) is 9.50 Å². The molecule has 0 radical (unpaired) electrons. The second-order valence-corrected chi connectivity index (χ2v) is 8.16. The SMILES string of the molecule is Cc1ncc(-c2cnn(C(C)(C)CO)c2)cc1OCCc1c(Cl)ccc(F)c1Cl. The predicted octanol–water partition coefficient (Wildman–Crippen LogP) is 5.05. The van der Waals surface area contributed by atoms with Gasteiger partial charge in [0.05, 0.1) is 35.7 Å². The van der Waals surface area contributed by atoms with Crippen LogP contribution in [0.3, 0.4) is 0 Å². The minimum absolute atomic E-state index is 0.0172. The van der Waals surface area contributed by atoms with Crippen LogP contribution in [0.25, 0.3) is 11.1 Å². The molecule has 0 unspecified atom stereocenters. The lowest BCUT2D eigenvalue weighted by Gasteiger charge is -2.22. The summed E-state index contributed by atoms with van der Waals surface area (Å²) in [6.07, 6.45) is 5.69. The number of halogens is 3. The highest BCUT2D eigenvalue weighted by Crippen LogP contribution is 2.29. The van der Waals surface area contributed by atoms with E-state index in [0.717, 1.165) is 16.8 Å². The van der Waals surface area contributed by atoms with Gasteiger partial charge in [-0.1, -0.05) is 23.2 Å². The normalized spacial score (nSPS) is 11.7. The van der Waals surface area contributed by atoms with E-state index in [1.54, 1.807) is 17.1 Å². The van der Waals surface area contributed by atoms with Gasteiger partial charge in [-0.2, -0.15) is 5.10 Å². The lowest BCUT2D eigenvalue weighted by Crippen LogP contribution is -2.30. The van der Waals surface area contributed by atoms with E-state index in [2.05, 4.69) is 10.1 Å². The summed E-state index contributed by atoms with van der Waals surface area (Å²) in [7, 11) is 0. The number of aliphatic hydroxyl groups excluding tert-OH is 1. The summed E-state index contributed by atoms with van der Waals surface area (Å²) in [5.41, 5.74) is 2.45. The Hall–Kier alpha value is -2.15. The summed E-state index contributed by atoms with van der Waals surface area (Å²) in [6, 6.07) is 4.60. The minimum atomic E-state index is -0.506. The van der Waals surface area contributed by atoms with Crippen LogP contribution in [0.2, 0.25) is 10.0 Å². The number of nitrogens with zero attached hydrogens (tertiary/aromatic N) is 3. The zero-order valence-corrected chi connectivity index (χ0v) is 17.9. The van der Waals surface area contributed by atoms with Gasteiger partial charge in [-0.3, -0.25) is 9.67 Å². The number of ether oxygens (including phenoxy) is 1. The van der Waals surface area contributed by atoms with Gasteiger partial charge >= 0.3 is 0 Å². The molecule has 0 spiro atoms. The zero-order chi connectivity index (χ0) is 21.2. The quantitative estimate of drug-likeness (QED) is 0.525. The Balaban J connectivity index is 1.76. The molecule has 0 aliphatic carbocycles. The average molecular weight is 438 g/mol. The standard InChI is InChI=1S/C21H22Cl2FN3O2/c1-13-19(29-7-6-16-17(22)4-5-18(24)20(16)23)8-14(9-25-13)15-10-26-27(11-15)21(2,3)12-28/h4-5,8-11,28H,6-7,12H2,1-3H3. The molecule has 8 heteroatoms. The number of hydrogen-bond donors (Lipinski definition) is 1. The van der Waals surface area contributed by atoms with Crippen molar-refractivity contribution in [2.75, 3.05) is 13.2 Å². The summed E-state index contributed by atoms with van der Waals surface area (Å²) in [6.45, 7) is 5.88. The van der Waals surface area contributed by atoms with Crippen LogP contribution < -0.4 is 4.74 Å². The summed E-state index contributed by atoms with van der Waals surface area (Å²) in [5.74, 6) is 0.106. The molecule has 0 fully saturated rings. The molecule has 0 aliphatic rings. The fourth-order valence-electron chi connectivity index (χ4n) is 2.75. The Labute approximate surface area is 179 Å². The Morgan fingerprint density at radius 3 is 2.69 bits per heavy atom. The number of benzene rings is 1. The van der Waals surface area contributed by atoms with E-state index < -0.39 is 11.4 Å². The third kappa shape index (κ3) is 4.71. The summed E-state index contributed by atoms with van der Waals surface area (Å²) >= 11 is 12.1. The van der Waals surface area contributed by atoms with Gasteiger partial charge in [0.15, 0.2) is 0 Å². The molecule has 3 aromatic rings. The number of aryl methyl sites for hydroxylation is 1. The molecular formula is C21H22Cl2FN3O2. The maximum absolute atomic E-state index is 13.7. The molecule has 0 atom stereocenters. The van der Waals surface area contributed by atoms with Crippen molar-refractivity contribution in [1.29, 1.82) is 0 Å². The molecule has 0 aliphatic heterocycles. The molecular weight excluding hydrogens is 416 g/mol. The van der Waals surface area contributed by atoms with Gasteiger partial charge in [-0.25, -0.2) is 4.39 Å². The zero-order valence-electron chi connectivity index (χ0n) is 16.4. The van der Waals surface area contributed by atoms with E-state index in [4.69, 9.17) is 27.9 Å². The van der Waals surface area contributed by atoms with E-state index >= 15 is 0 Å². The van der Waals surface area contributed by atoms with Gasteiger partial charge in [-0.15, -0.1) is 0 Å². The fourth-order valence-corrected chi connectivity index (χ4v) is 3.31. The summed E-state index contributed by atoms with van der Waals surface area (Å²) in [4.78, 5) is 4.40. The van der Waals surface area contributed by atoms with Crippen molar-refractivity contribution < 1.29 is 14.2 Å². The number of pyridine rings is 1. The van der Waals surface area contributed by atoms with Crippen LogP contribution in [-0.4, -0.2) is 33.1 Å². The van der Waals surface area contributed by atoms with Crippen LogP contribution in [0.5, 0.6) is 5.75 Å². The minimum Gasteiger partial charge on any atom is -0.491 e. The highest BCUT2D eigenvalue weighted by atomic mass is 35.5. The van der Waals surface area contributed by atoms with E-state index in [-0.39, 0.29) is 18.2 Å². The van der Waals surface area contributed by atoms with Crippen LogP contribution in [-0.2, 0) is 12.0 Å². The molecule has 1 N–H and O–H groups in total. The van der Waals surface area contributed by atoms with E-state index in [1.807, 2.05) is 33.0 Å². The van der Waals surface area contributed by atoms with Crippen molar-refractivity contribution in [1.82, 2.24) is 14.8 Å². The molecule has 0 bridgehead atoms. The van der Waals surface area contributed by atoms with Crippen molar-refractivity contribution in [2.45, 2.75) is 32.7 Å². The van der Waals surface area contributed by atoms with Gasteiger partial charge in [0.25, 0.3) is 0 Å². The fraction of sp³-hybridized carbons (Fsp3) is 0.333. The molecule has 3 rings (SSSR count). The van der Waals surface area contributed by atoms with E-state index in [1.165, 1.54) is 12.1 Å². The summed E-state index contributed by atoms with van der Waals surface area (Å²) in [5, 5.41) is 14.3. The highest BCUT2D eigenvalue weighted by molar-refractivity contribution is 6.36. The second kappa shape index (κ2) is 8.69. The number of aliphatic hydroxyl groups is 1. The molecule has 29 heavy (non-hydrogen) atoms. The van der Waals surface area contributed by atoms with Crippen molar-refractivity contribution in [3.8, 4) is 16.9 Å².